The lowest BCUT2D eigenvalue weighted by Gasteiger charge is -2.15. The molecular weight excluding hydrogens is 292 g/mol. The summed E-state index contributed by atoms with van der Waals surface area (Å²) < 4.78 is 0. The summed E-state index contributed by atoms with van der Waals surface area (Å²) in [6.07, 6.45) is 5.85. The largest absolute Gasteiger partial charge is 0.324 e. The normalized spacial score (nSPS) is 23.1. The molecule has 0 unspecified atom stereocenters. The van der Waals surface area contributed by atoms with Gasteiger partial charge in [-0.3, -0.25) is 19.3 Å². The van der Waals surface area contributed by atoms with Crippen LogP contribution in [0.3, 0.4) is 0 Å². The summed E-state index contributed by atoms with van der Waals surface area (Å²) >= 11 is 0. The van der Waals surface area contributed by atoms with Crippen LogP contribution in [0.25, 0.3) is 0 Å². The van der Waals surface area contributed by atoms with Crippen LogP contribution in [-0.2, 0) is 20.8 Å². The fourth-order valence-electron chi connectivity index (χ4n) is 3.31. The molecule has 1 aromatic rings. The van der Waals surface area contributed by atoms with Gasteiger partial charge in [0.25, 0.3) is 0 Å². The number of rotatable bonds is 4. The number of fused-ring (bicyclic) bond motifs is 1. The van der Waals surface area contributed by atoms with E-state index in [9.17, 15) is 14.4 Å². The van der Waals surface area contributed by atoms with Gasteiger partial charge < -0.3 is 5.32 Å². The first kappa shape index (κ1) is 15.5. The lowest BCUT2D eigenvalue weighted by atomic mass is 9.85. The quantitative estimate of drug-likeness (QED) is 0.684. The van der Waals surface area contributed by atoms with Crippen molar-refractivity contribution in [3.8, 4) is 0 Å². The zero-order valence-corrected chi connectivity index (χ0v) is 13.1. The number of anilines is 1. The summed E-state index contributed by atoms with van der Waals surface area (Å²) in [6.45, 7) is 1.80. The van der Waals surface area contributed by atoms with E-state index in [4.69, 9.17) is 0 Å². The number of nitrogens with zero attached hydrogens (tertiary/aromatic N) is 1. The summed E-state index contributed by atoms with van der Waals surface area (Å²) in [5.74, 6) is -1.35. The van der Waals surface area contributed by atoms with Gasteiger partial charge in [-0.2, -0.15) is 0 Å². The number of imide groups is 1. The molecule has 0 bridgehead atoms. The molecule has 1 N–H and O–H groups in total. The zero-order valence-electron chi connectivity index (χ0n) is 13.1. The number of allylic oxidation sites excluding steroid dienone is 2. The van der Waals surface area contributed by atoms with E-state index in [1.807, 2.05) is 43.3 Å². The number of amides is 3. The van der Waals surface area contributed by atoms with Gasteiger partial charge in [0, 0.05) is 5.69 Å². The van der Waals surface area contributed by atoms with E-state index in [0.29, 0.717) is 12.8 Å². The molecule has 1 aromatic carbocycles. The Morgan fingerprint density at radius 1 is 1.13 bits per heavy atom. The van der Waals surface area contributed by atoms with Crippen molar-refractivity contribution >= 4 is 23.4 Å². The molecule has 3 rings (SSSR count). The highest BCUT2D eigenvalue weighted by Gasteiger charge is 2.47. The topological polar surface area (TPSA) is 66.5 Å². The summed E-state index contributed by atoms with van der Waals surface area (Å²) in [7, 11) is 0. The Hall–Kier alpha value is -2.43. The highest BCUT2D eigenvalue weighted by Crippen LogP contribution is 2.34. The average molecular weight is 312 g/mol. The van der Waals surface area contributed by atoms with Crippen LogP contribution in [0.5, 0.6) is 0 Å². The first-order valence-corrected chi connectivity index (χ1v) is 7.99. The van der Waals surface area contributed by atoms with Crippen molar-refractivity contribution in [3.05, 3.63) is 42.0 Å². The summed E-state index contributed by atoms with van der Waals surface area (Å²) in [5.41, 5.74) is 1.76. The van der Waals surface area contributed by atoms with Crippen molar-refractivity contribution in [1.29, 1.82) is 0 Å². The van der Waals surface area contributed by atoms with Crippen molar-refractivity contribution in [3.63, 3.8) is 0 Å². The molecule has 5 nitrogen and oxygen atoms in total. The fraction of sp³-hybridized carbons (Fsp3) is 0.389. The Balaban J connectivity index is 1.68. The van der Waals surface area contributed by atoms with Gasteiger partial charge in [-0.25, -0.2) is 0 Å². The molecule has 0 spiro atoms. The Morgan fingerprint density at radius 2 is 1.74 bits per heavy atom. The zero-order chi connectivity index (χ0) is 16.4. The second-order valence-corrected chi connectivity index (χ2v) is 5.98. The van der Waals surface area contributed by atoms with Crippen molar-refractivity contribution in [2.45, 2.75) is 26.2 Å². The van der Waals surface area contributed by atoms with Gasteiger partial charge in [-0.15, -0.1) is 0 Å². The second kappa shape index (κ2) is 6.36. The highest BCUT2D eigenvalue weighted by atomic mass is 16.2. The Morgan fingerprint density at radius 3 is 2.35 bits per heavy atom. The van der Waals surface area contributed by atoms with Gasteiger partial charge in [-0.1, -0.05) is 37.3 Å². The summed E-state index contributed by atoms with van der Waals surface area (Å²) in [4.78, 5) is 38.1. The maximum absolute atomic E-state index is 12.4. The van der Waals surface area contributed by atoms with Crippen LogP contribution in [0.15, 0.2) is 36.4 Å². The molecule has 1 saturated heterocycles. The standard InChI is InChI=1S/C18H20N2O3/c1-2-12-7-3-6-10-15(12)19-16(21)11-20-17(22)13-8-4-5-9-14(13)18(20)23/h3-7,10,13-14H,2,8-9,11H2,1H3,(H,19,21)/t13-,14-/m0/s1. The van der Waals surface area contributed by atoms with Crippen LogP contribution >= 0.6 is 0 Å². The molecule has 2 atom stereocenters. The number of hydrogen-bond acceptors (Lipinski definition) is 3. The van der Waals surface area contributed by atoms with Crippen LogP contribution in [0.2, 0.25) is 0 Å². The van der Waals surface area contributed by atoms with Crippen LogP contribution < -0.4 is 5.32 Å². The van der Waals surface area contributed by atoms with Gasteiger partial charge in [0.2, 0.25) is 17.7 Å². The molecule has 1 heterocycles. The molecule has 0 saturated carbocycles. The molecular formula is C18H20N2O3. The molecule has 1 aliphatic carbocycles. The monoisotopic (exact) mass is 312 g/mol. The van der Waals surface area contributed by atoms with E-state index in [1.165, 1.54) is 0 Å². The van der Waals surface area contributed by atoms with E-state index >= 15 is 0 Å². The Bertz CT molecular complexity index is 655. The first-order chi connectivity index (χ1) is 11.1. The van der Waals surface area contributed by atoms with Gasteiger partial charge >= 0.3 is 0 Å². The molecule has 1 fully saturated rings. The van der Waals surface area contributed by atoms with E-state index < -0.39 is 0 Å². The summed E-state index contributed by atoms with van der Waals surface area (Å²) in [5, 5.41) is 2.81. The van der Waals surface area contributed by atoms with Gasteiger partial charge in [0.15, 0.2) is 0 Å². The van der Waals surface area contributed by atoms with Gasteiger partial charge in [0.1, 0.15) is 6.54 Å². The molecule has 1 aliphatic heterocycles. The Kier molecular flexibility index (Phi) is 4.28. The van der Waals surface area contributed by atoms with Crippen molar-refractivity contribution in [2.24, 2.45) is 11.8 Å². The summed E-state index contributed by atoms with van der Waals surface area (Å²) in [6, 6.07) is 7.54. The fourth-order valence-corrected chi connectivity index (χ4v) is 3.31. The number of carbonyl (C=O) groups is 3. The second-order valence-electron chi connectivity index (χ2n) is 5.98. The van der Waals surface area contributed by atoms with Crippen LogP contribution in [0.1, 0.15) is 25.3 Å². The third-order valence-electron chi connectivity index (χ3n) is 4.57. The van der Waals surface area contributed by atoms with Crippen LogP contribution in [-0.4, -0.2) is 29.2 Å². The third-order valence-corrected chi connectivity index (χ3v) is 4.57. The predicted molar refractivity (Wildman–Crippen MR) is 86.5 cm³/mol. The van der Waals surface area contributed by atoms with E-state index in [1.54, 1.807) is 0 Å². The Labute approximate surface area is 135 Å². The number of benzene rings is 1. The lowest BCUT2D eigenvalue weighted by molar-refractivity contribution is -0.142. The minimum atomic E-state index is -0.334. The van der Waals surface area contributed by atoms with Crippen molar-refractivity contribution in [2.75, 3.05) is 11.9 Å². The van der Waals surface area contributed by atoms with Crippen molar-refractivity contribution < 1.29 is 14.4 Å². The molecule has 0 aromatic heterocycles. The molecule has 120 valence electrons. The number of para-hydroxylation sites is 1. The minimum Gasteiger partial charge on any atom is -0.324 e. The van der Waals surface area contributed by atoms with Gasteiger partial charge in [-0.05, 0) is 30.9 Å². The highest BCUT2D eigenvalue weighted by molar-refractivity contribution is 6.08. The molecule has 0 radical (unpaired) electrons. The molecule has 2 aliphatic rings. The van der Waals surface area contributed by atoms with E-state index in [-0.39, 0.29) is 36.1 Å². The van der Waals surface area contributed by atoms with E-state index in [0.717, 1.165) is 22.6 Å². The van der Waals surface area contributed by atoms with Crippen molar-refractivity contribution in [1.82, 2.24) is 4.90 Å². The van der Waals surface area contributed by atoms with Crippen LogP contribution in [0, 0.1) is 11.8 Å². The first-order valence-electron chi connectivity index (χ1n) is 7.99. The SMILES string of the molecule is CCc1ccccc1NC(=O)CN1C(=O)[C@H]2CC=CC[C@@H]2C1=O. The lowest BCUT2D eigenvalue weighted by Crippen LogP contribution is -2.38. The van der Waals surface area contributed by atoms with E-state index in [2.05, 4.69) is 5.32 Å². The molecule has 3 amide bonds. The number of carbonyl (C=O) groups excluding carboxylic acids is 3. The maximum atomic E-state index is 12.4. The average Bonchev–Trinajstić information content (AvgIpc) is 2.81. The number of nitrogens with one attached hydrogen (secondary N) is 1. The van der Waals surface area contributed by atoms with Crippen LogP contribution in [0.4, 0.5) is 5.69 Å². The number of hydrogen-bond donors (Lipinski definition) is 1. The van der Waals surface area contributed by atoms with Gasteiger partial charge in [0.05, 0.1) is 11.8 Å². The number of likely N-dealkylation sites (tertiary alicyclic amines) is 1. The molecule has 5 heteroatoms. The number of aryl methyl sites for hydroxylation is 1. The predicted octanol–water partition coefficient (Wildman–Crippen LogP) is 2.14. The smallest absolute Gasteiger partial charge is 0.244 e. The maximum Gasteiger partial charge on any atom is 0.244 e. The molecule has 23 heavy (non-hydrogen) atoms. The third kappa shape index (κ3) is 2.91. The minimum absolute atomic E-state index is 0.206.